The molecule has 0 saturated carbocycles. The molecule has 1 heterocycles. The molecule has 0 radical (unpaired) electrons. The first-order chi connectivity index (χ1) is 8.76. The first-order valence-corrected chi connectivity index (χ1v) is 7.99. The summed E-state index contributed by atoms with van der Waals surface area (Å²) >= 11 is 11.8. The molecule has 1 amide bonds. The minimum absolute atomic E-state index is 0.148. The Balaban J connectivity index is 2.20. The molecule has 0 aromatic heterocycles. The first kappa shape index (κ1) is 14.6. The van der Waals surface area contributed by atoms with Crippen LogP contribution in [0, 0.1) is 5.92 Å². The van der Waals surface area contributed by atoms with Crippen molar-refractivity contribution in [2.45, 2.75) is 6.42 Å². The fourth-order valence-electron chi connectivity index (χ4n) is 2.15. The lowest BCUT2D eigenvalue weighted by Gasteiger charge is -2.18. The molecule has 2 N–H and O–H groups in total. The molecule has 5 nitrogen and oxygen atoms in total. The number of carbonyl (C=O) groups excluding carboxylic acids is 1. The van der Waals surface area contributed by atoms with E-state index in [2.05, 4.69) is 0 Å². The Morgan fingerprint density at radius 2 is 2.05 bits per heavy atom. The maximum atomic E-state index is 11.9. The lowest BCUT2D eigenvalue weighted by atomic mass is 10.1. The number of hydrogen-bond donors (Lipinski definition) is 1. The standard InChI is InChI=1S/C11H12Cl2N2O3S/c12-8-1-2-10(9(13)4-8)15-5-7(3-11(15)16)6-19(14,17)18/h1-2,4,7H,3,5-6H2,(H2,14,17,18). The molecule has 1 unspecified atom stereocenters. The van der Waals surface area contributed by atoms with Crippen LogP contribution >= 0.6 is 23.2 Å². The number of anilines is 1. The van der Waals surface area contributed by atoms with Crippen LogP contribution < -0.4 is 10.0 Å². The summed E-state index contributed by atoms with van der Waals surface area (Å²) < 4.78 is 22.1. The zero-order valence-electron chi connectivity index (χ0n) is 9.84. The highest BCUT2D eigenvalue weighted by atomic mass is 35.5. The van der Waals surface area contributed by atoms with Crippen LogP contribution in [0.3, 0.4) is 0 Å². The normalized spacial score (nSPS) is 20.1. The predicted octanol–water partition coefficient (Wildman–Crippen LogP) is 1.63. The van der Waals surface area contributed by atoms with Crippen molar-refractivity contribution in [2.24, 2.45) is 11.1 Å². The van der Waals surface area contributed by atoms with E-state index in [1.54, 1.807) is 18.2 Å². The zero-order chi connectivity index (χ0) is 14.2. The molecule has 1 aliphatic rings. The van der Waals surface area contributed by atoms with Gasteiger partial charge in [0.05, 0.1) is 16.5 Å². The van der Waals surface area contributed by atoms with Gasteiger partial charge in [-0.1, -0.05) is 23.2 Å². The van der Waals surface area contributed by atoms with Gasteiger partial charge in [0.25, 0.3) is 0 Å². The number of nitrogens with two attached hydrogens (primary N) is 1. The molecule has 1 fully saturated rings. The molecule has 2 rings (SSSR count). The molecule has 1 atom stereocenters. The Morgan fingerprint density at radius 3 is 2.63 bits per heavy atom. The number of primary sulfonamides is 1. The molecule has 0 bridgehead atoms. The zero-order valence-corrected chi connectivity index (χ0v) is 12.2. The van der Waals surface area contributed by atoms with Crippen molar-refractivity contribution in [3.63, 3.8) is 0 Å². The van der Waals surface area contributed by atoms with E-state index in [4.69, 9.17) is 28.3 Å². The third kappa shape index (κ3) is 3.60. The maximum absolute atomic E-state index is 11.9. The quantitative estimate of drug-likeness (QED) is 0.918. The van der Waals surface area contributed by atoms with Gasteiger partial charge in [0.15, 0.2) is 0 Å². The van der Waals surface area contributed by atoms with Gasteiger partial charge in [-0.25, -0.2) is 13.6 Å². The summed E-state index contributed by atoms with van der Waals surface area (Å²) in [5.74, 6) is -0.687. The Hall–Kier alpha value is -0.820. The lowest BCUT2D eigenvalue weighted by molar-refractivity contribution is -0.117. The number of sulfonamides is 1. The molecule has 104 valence electrons. The van der Waals surface area contributed by atoms with Crippen LogP contribution in [0.5, 0.6) is 0 Å². The minimum atomic E-state index is -3.59. The van der Waals surface area contributed by atoms with Gasteiger partial charge >= 0.3 is 0 Å². The topological polar surface area (TPSA) is 80.5 Å². The van der Waals surface area contributed by atoms with Crippen molar-refractivity contribution in [3.05, 3.63) is 28.2 Å². The number of benzene rings is 1. The summed E-state index contributed by atoms with van der Waals surface area (Å²) in [6, 6.07) is 4.81. The van der Waals surface area contributed by atoms with Gasteiger partial charge in [-0.2, -0.15) is 0 Å². The number of carbonyl (C=O) groups is 1. The van der Waals surface area contributed by atoms with Gasteiger partial charge in [-0.15, -0.1) is 0 Å². The molecule has 0 aliphatic carbocycles. The van der Waals surface area contributed by atoms with Crippen LogP contribution in [0.4, 0.5) is 5.69 Å². The molecular weight excluding hydrogens is 311 g/mol. The van der Waals surface area contributed by atoms with E-state index in [1.807, 2.05) is 0 Å². The molecule has 8 heteroatoms. The Bertz CT molecular complexity index is 618. The molecule has 0 spiro atoms. The van der Waals surface area contributed by atoms with Crippen LogP contribution in [0.15, 0.2) is 18.2 Å². The van der Waals surface area contributed by atoms with Gasteiger partial charge < -0.3 is 4.90 Å². The number of nitrogens with zero attached hydrogens (tertiary/aromatic N) is 1. The largest absolute Gasteiger partial charge is 0.311 e. The Kier molecular flexibility index (Phi) is 4.06. The second-order valence-corrected chi connectivity index (χ2v) is 7.00. The second kappa shape index (κ2) is 5.28. The van der Waals surface area contributed by atoms with Gasteiger partial charge in [-0.3, -0.25) is 4.79 Å². The van der Waals surface area contributed by atoms with Crippen molar-refractivity contribution in [1.29, 1.82) is 0 Å². The molecule has 1 aromatic rings. The summed E-state index contributed by atoms with van der Waals surface area (Å²) in [5.41, 5.74) is 0.535. The second-order valence-electron chi connectivity index (χ2n) is 4.50. The van der Waals surface area contributed by atoms with Crippen molar-refractivity contribution in [2.75, 3.05) is 17.2 Å². The smallest absolute Gasteiger partial charge is 0.227 e. The summed E-state index contributed by atoms with van der Waals surface area (Å²) in [5, 5.41) is 5.83. The SMILES string of the molecule is NS(=O)(=O)CC1CC(=O)N(c2ccc(Cl)cc2Cl)C1. The number of amides is 1. The highest BCUT2D eigenvalue weighted by Gasteiger charge is 2.33. The van der Waals surface area contributed by atoms with Gasteiger partial charge in [0.2, 0.25) is 15.9 Å². The third-order valence-electron chi connectivity index (χ3n) is 2.87. The van der Waals surface area contributed by atoms with E-state index < -0.39 is 10.0 Å². The summed E-state index contributed by atoms with van der Waals surface area (Å²) in [6.45, 7) is 0.288. The minimum Gasteiger partial charge on any atom is -0.311 e. The third-order valence-corrected chi connectivity index (χ3v) is 4.35. The van der Waals surface area contributed by atoms with E-state index >= 15 is 0 Å². The number of rotatable bonds is 3. The molecule has 1 aliphatic heterocycles. The van der Waals surface area contributed by atoms with E-state index in [0.29, 0.717) is 15.7 Å². The fraction of sp³-hybridized carbons (Fsp3) is 0.364. The van der Waals surface area contributed by atoms with Crippen LogP contribution in [0.25, 0.3) is 0 Å². The average Bonchev–Trinajstić information content (AvgIpc) is 2.56. The molecule has 1 aromatic carbocycles. The monoisotopic (exact) mass is 322 g/mol. The predicted molar refractivity (Wildman–Crippen MR) is 74.9 cm³/mol. The van der Waals surface area contributed by atoms with Gasteiger partial charge in [0.1, 0.15) is 0 Å². The van der Waals surface area contributed by atoms with Crippen LogP contribution in [0.1, 0.15) is 6.42 Å². The number of halogens is 2. The Morgan fingerprint density at radius 1 is 1.37 bits per heavy atom. The van der Waals surface area contributed by atoms with Crippen LogP contribution in [-0.2, 0) is 14.8 Å². The Labute approximate surface area is 121 Å². The highest BCUT2D eigenvalue weighted by Crippen LogP contribution is 2.33. The highest BCUT2D eigenvalue weighted by molar-refractivity contribution is 7.89. The molecule has 1 saturated heterocycles. The van der Waals surface area contributed by atoms with Crippen molar-refractivity contribution < 1.29 is 13.2 Å². The summed E-state index contributed by atoms with van der Waals surface area (Å²) in [6.07, 6.45) is 0.148. The summed E-state index contributed by atoms with van der Waals surface area (Å²) in [7, 11) is -3.59. The van der Waals surface area contributed by atoms with Crippen LogP contribution in [0.2, 0.25) is 10.0 Å². The fourth-order valence-corrected chi connectivity index (χ4v) is 3.55. The number of hydrogen-bond acceptors (Lipinski definition) is 3. The maximum Gasteiger partial charge on any atom is 0.227 e. The van der Waals surface area contributed by atoms with E-state index in [9.17, 15) is 13.2 Å². The summed E-state index contributed by atoms with van der Waals surface area (Å²) in [4.78, 5) is 13.4. The van der Waals surface area contributed by atoms with Crippen molar-refractivity contribution in [3.8, 4) is 0 Å². The van der Waals surface area contributed by atoms with Gasteiger partial charge in [0, 0.05) is 23.9 Å². The first-order valence-electron chi connectivity index (χ1n) is 5.52. The average molecular weight is 323 g/mol. The van der Waals surface area contributed by atoms with Crippen molar-refractivity contribution in [1.82, 2.24) is 0 Å². The van der Waals surface area contributed by atoms with E-state index in [0.717, 1.165) is 0 Å². The van der Waals surface area contributed by atoms with Gasteiger partial charge in [-0.05, 0) is 18.2 Å². The van der Waals surface area contributed by atoms with E-state index in [-0.39, 0.29) is 30.5 Å². The molecular formula is C11H12Cl2N2O3S. The molecule has 19 heavy (non-hydrogen) atoms. The van der Waals surface area contributed by atoms with E-state index in [1.165, 1.54) is 4.90 Å². The lowest BCUT2D eigenvalue weighted by Crippen LogP contribution is -2.27. The van der Waals surface area contributed by atoms with Crippen molar-refractivity contribution >= 4 is 44.8 Å². The van der Waals surface area contributed by atoms with Crippen LogP contribution in [-0.4, -0.2) is 26.6 Å².